The maximum absolute atomic E-state index is 9.02. The summed E-state index contributed by atoms with van der Waals surface area (Å²) in [6, 6.07) is 0. The van der Waals surface area contributed by atoms with Crippen LogP contribution in [0, 0.1) is 6.10 Å². The van der Waals surface area contributed by atoms with Crippen LogP contribution in [-0.2, 0) is 4.74 Å². The van der Waals surface area contributed by atoms with E-state index in [1.165, 1.54) is 0 Å². The van der Waals surface area contributed by atoms with Gasteiger partial charge in [-0.05, 0) is 0 Å². The smallest absolute Gasteiger partial charge is 0.181 e. The van der Waals surface area contributed by atoms with E-state index < -0.39 is 25.1 Å². The second kappa shape index (κ2) is 3.46. The van der Waals surface area contributed by atoms with E-state index in [4.69, 9.17) is 20.4 Å². The summed E-state index contributed by atoms with van der Waals surface area (Å²) in [6.45, 7) is -0.393. The van der Waals surface area contributed by atoms with Crippen LogP contribution in [0.1, 0.15) is 6.42 Å². The molecule has 0 aromatic rings. The first-order valence-corrected chi connectivity index (χ1v) is 3.32. The molecule has 3 unspecified atom stereocenters. The van der Waals surface area contributed by atoms with E-state index in [1.807, 2.05) is 0 Å². The summed E-state index contributed by atoms with van der Waals surface area (Å²) in [4.78, 5) is 0. The molecule has 0 saturated carbocycles. The van der Waals surface area contributed by atoms with Crippen molar-refractivity contribution in [2.75, 3.05) is 6.61 Å². The maximum Gasteiger partial charge on any atom is 0.181 e. The van der Waals surface area contributed by atoms with Gasteiger partial charge in [-0.3, -0.25) is 0 Å². The molecule has 1 rings (SSSR count). The largest absolute Gasteiger partial charge is 0.394 e. The summed E-state index contributed by atoms with van der Waals surface area (Å²) in [5.41, 5.74) is 0. The molecule has 1 saturated heterocycles. The van der Waals surface area contributed by atoms with Crippen molar-refractivity contribution in [3.05, 3.63) is 6.10 Å². The van der Waals surface area contributed by atoms with Gasteiger partial charge in [-0.25, -0.2) is 0 Å². The second-order valence-electron chi connectivity index (χ2n) is 2.46. The summed E-state index contributed by atoms with van der Waals surface area (Å²) in [7, 11) is 0. The molecule has 0 aliphatic carbocycles. The lowest BCUT2D eigenvalue weighted by Crippen LogP contribution is -2.44. The fourth-order valence-corrected chi connectivity index (χ4v) is 0.932. The van der Waals surface area contributed by atoms with Gasteiger partial charge in [-0.2, -0.15) is 0 Å². The molecule has 1 aliphatic heterocycles. The molecule has 0 amide bonds. The Morgan fingerprint density at radius 1 is 1.45 bits per heavy atom. The van der Waals surface area contributed by atoms with Crippen molar-refractivity contribution in [1.29, 1.82) is 0 Å². The van der Waals surface area contributed by atoms with Crippen LogP contribution >= 0.6 is 0 Å². The van der Waals surface area contributed by atoms with Crippen molar-refractivity contribution in [1.82, 2.24) is 0 Å². The molecule has 1 fully saturated rings. The second-order valence-corrected chi connectivity index (χ2v) is 2.46. The summed E-state index contributed by atoms with van der Waals surface area (Å²) >= 11 is 0. The highest BCUT2D eigenvalue weighted by Gasteiger charge is 2.35. The topological polar surface area (TPSA) is 90.2 Å². The van der Waals surface area contributed by atoms with Crippen molar-refractivity contribution in [3.8, 4) is 0 Å². The molecule has 0 aromatic carbocycles. The molecule has 3 atom stereocenters. The number of hydrogen-bond donors (Lipinski definition) is 4. The number of aliphatic hydroxyl groups is 4. The third kappa shape index (κ3) is 1.88. The van der Waals surface area contributed by atoms with Gasteiger partial charge in [0.2, 0.25) is 0 Å². The Bertz CT molecular complexity index is 128. The number of hydrogen-bond acceptors (Lipinski definition) is 5. The van der Waals surface area contributed by atoms with Gasteiger partial charge in [-0.15, -0.1) is 0 Å². The lowest BCUT2D eigenvalue weighted by atomic mass is 10.0. The highest BCUT2D eigenvalue weighted by Crippen LogP contribution is 2.23. The average molecular weight is 163 g/mol. The van der Waals surface area contributed by atoms with Crippen molar-refractivity contribution < 1.29 is 25.2 Å². The van der Waals surface area contributed by atoms with Crippen molar-refractivity contribution in [2.24, 2.45) is 0 Å². The van der Waals surface area contributed by atoms with Crippen LogP contribution in [0.5, 0.6) is 0 Å². The molecule has 1 radical (unpaired) electrons. The SMILES string of the molecule is OCC1OC(O)C(O)C[C]1O. The van der Waals surface area contributed by atoms with Gasteiger partial charge in [0.05, 0.1) is 6.61 Å². The van der Waals surface area contributed by atoms with Crippen LogP contribution in [0.25, 0.3) is 0 Å². The Kier molecular flexibility index (Phi) is 2.80. The van der Waals surface area contributed by atoms with E-state index >= 15 is 0 Å². The zero-order valence-electron chi connectivity index (χ0n) is 5.84. The van der Waals surface area contributed by atoms with Crippen LogP contribution in [0.3, 0.4) is 0 Å². The van der Waals surface area contributed by atoms with E-state index in [-0.39, 0.29) is 12.5 Å². The first kappa shape index (κ1) is 8.89. The Hall–Kier alpha value is -0.200. The van der Waals surface area contributed by atoms with Crippen LogP contribution in [0.15, 0.2) is 0 Å². The molecule has 5 heteroatoms. The summed E-state index contributed by atoms with van der Waals surface area (Å²) in [6.07, 6.45) is -3.47. The van der Waals surface area contributed by atoms with Crippen LogP contribution < -0.4 is 0 Å². The van der Waals surface area contributed by atoms with E-state index in [0.29, 0.717) is 0 Å². The summed E-state index contributed by atoms with van der Waals surface area (Å²) < 4.78 is 4.63. The third-order valence-corrected chi connectivity index (χ3v) is 1.59. The lowest BCUT2D eigenvalue weighted by Gasteiger charge is -2.32. The first-order valence-electron chi connectivity index (χ1n) is 3.32. The predicted octanol–water partition coefficient (Wildman–Crippen LogP) is -1.65. The molecular formula is C6H11O5. The fourth-order valence-electron chi connectivity index (χ4n) is 0.932. The summed E-state index contributed by atoms with van der Waals surface area (Å²) in [5, 5.41) is 35.4. The van der Waals surface area contributed by atoms with Gasteiger partial charge in [-0.1, -0.05) is 0 Å². The highest BCUT2D eigenvalue weighted by atomic mass is 16.6. The normalized spacial score (nSPS) is 40.9. The number of ether oxygens (including phenoxy) is 1. The lowest BCUT2D eigenvalue weighted by molar-refractivity contribution is -0.228. The zero-order valence-corrected chi connectivity index (χ0v) is 5.84. The van der Waals surface area contributed by atoms with Crippen LogP contribution in [-0.4, -0.2) is 45.5 Å². The minimum atomic E-state index is -1.32. The van der Waals surface area contributed by atoms with Gasteiger partial charge >= 0.3 is 0 Å². The number of aliphatic hydroxyl groups excluding tert-OH is 4. The van der Waals surface area contributed by atoms with Gasteiger partial charge in [0.15, 0.2) is 6.29 Å². The van der Waals surface area contributed by atoms with Gasteiger partial charge < -0.3 is 25.2 Å². The zero-order chi connectivity index (χ0) is 8.43. The molecule has 65 valence electrons. The van der Waals surface area contributed by atoms with Crippen molar-refractivity contribution >= 4 is 0 Å². The average Bonchev–Trinajstić information content (AvgIpc) is 1.97. The Labute approximate surface area is 63.8 Å². The Morgan fingerprint density at radius 3 is 2.64 bits per heavy atom. The van der Waals surface area contributed by atoms with Crippen LogP contribution in [0.2, 0.25) is 0 Å². The first-order chi connectivity index (χ1) is 5.15. The van der Waals surface area contributed by atoms with E-state index in [2.05, 4.69) is 4.74 Å². The molecule has 0 spiro atoms. The minimum absolute atomic E-state index is 0.0492. The van der Waals surface area contributed by atoms with Gasteiger partial charge in [0.1, 0.15) is 18.3 Å². The van der Waals surface area contributed by atoms with Crippen molar-refractivity contribution in [3.63, 3.8) is 0 Å². The minimum Gasteiger partial charge on any atom is -0.394 e. The molecule has 5 nitrogen and oxygen atoms in total. The Morgan fingerprint density at radius 2 is 2.09 bits per heavy atom. The fraction of sp³-hybridized carbons (Fsp3) is 0.833. The van der Waals surface area contributed by atoms with Crippen molar-refractivity contribution in [2.45, 2.75) is 24.9 Å². The molecule has 11 heavy (non-hydrogen) atoms. The Balaban J connectivity index is 2.48. The maximum atomic E-state index is 9.02. The monoisotopic (exact) mass is 163 g/mol. The molecule has 4 N–H and O–H groups in total. The molecule has 0 aromatic heterocycles. The van der Waals surface area contributed by atoms with E-state index in [0.717, 1.165) is 0 Å². The standard InChI is InChI=1S/C6H11O5/c7-2-5-3(8)1-4(9)6(10)11-5/h4-10H,1-2H2. The molecule has 1 heterocycles. The highest BCUT2D eigenvalue weighted by molar-refractivity contribution is 4.93. The predicted molar refractivity (Wildman–Crippen MR) is 33.8 cm³/mol. The van der Waals surface area contributed by atoms with Gasteiger partial charge in [0.25, 0.3) is 0 Å². The van der Waals surface area contributed by atoms with E-state index in [1.54, 1.807) is 0 Å². The molecule has 1 aliphatic rings. The molecular weight excluding hydrogens is 152 g/mol. The van der Waals surface area contributed by atoms with E-state index in [9.17, 15) is 0 Å². The number of rotatable bonds is 1. The quantitative estimate of drug-likeness (QED) is 0.372. The van der Waals surface area contributed by atoms with Gasteiger partial charge in [0, 0.05) is 6.42 Å². The molecule has 0 bridgehead atoms. The third-order valence-electron chi connectivity index (χ3n) is 1.59. The summed E-state index contributed by atoms with van der Waals surface area (Å²) in [5.74, 6) is 0. The van der Waals surface area contributed by atoms with Crippen LogP contribution in [0.4, 0.5) is 0 Å².